The lowest BCUT2D eigenvalue weighted by molar-refractivity contribution is 0.0950. The summed E-state index contributed by atoms with van der Waals surface area (Å²) >= 11 is 0. The molecule has 2 aromatic carbocycles. The Morgan fingerprint density at radius 2 is 1.86 bits per heavy atom. The second-order valence-corrected chi connectivity index (χ2v) is 8.25. The van der Waals surface area contributed by atoms with Crippen LogP contribution in [0, 0.1) is 0 Å². The highest BCUT2D eigenvalue weighted by molar-refractivity contribution is 7.91. The van der Waals surface area contributed by atoms with Crippen molar-refractivity contribution in [1.29, 1.82) is 0 Å². The molecule has 0 atom stereocenters. The number of nitrogens with one attached hydrogen (secondary N) is 1. The van der Waals surface area contributed by atoms with Crippen molar-refractivity contribution < 1.29 is 18.3 Å². The summed E-state index contributed by atoms with van der Waals surface area (Å²) in [6.45, 7) is 0.229. The number of rotatable bonds is 5. The van der Waals surface area contributed by atoms with Gasteiger partial charge in [0.05, 0.1) is 15.4 Å². The maximum Gasteiger partial charge on any atom is 0.254 e. The number of hydrogen-bond acceptors (Lipinski definition) is 6. The minimum absolute atomic E-state index is 0.0148. The van der Waals surface area contributed by atoms with Crippen LogP contribution in [0.3, 0.4) is 0 Å². The first-order chi connectivity index (χ1) is 13.9. The Morgan fingerprint density at radius 3 is 2.62 bits per heavy atom. The fourth-order valence-corrected chi connectivity index (χ4v) is 4.09. The molecule has 0 saturated heterocycles. The summed E-state index contributed by atoms with van der Waals surface area (Å²) < 4.78 is 26.9. The Morgan fingerprint density at radius 1 is 1.07 bits per heavy atom. The summed E-state index contributed by atoms with van der Waals surface area (Å²) in [6.07, 6.45) is 6.37. The van der Waals surface area contributed by atoms with Gasteiger partial charge in [0, 0.05) is 31.3 Å². The summed E-state index contributed by atoms with van der Waals surface area (Å²) in [5.41, 5.74) is 1.13. The number of hydrogen-bond donors (Lipinski definition) is 2. The molecule has 0 aliphatic heterocycles. The third kappa shape index (κ3) is 3.81. The average molecular weight is 408 g/mol. The smallest absolute Gasteiger partial charge is 0.254 e. The van der Waals surface area contributed by atoms with Crippen molar-refractivity contribution in [2.24, 2.45) is 0 Å². The molecule has 0 bridgehead atoms. The minimum atomic E-state index is -3.73. The highest BCUT2D eigenvalue weighted by Crippen LogP contribution is 2.24. The van der Waals surface area contributed by atoms with E-state index >= 15 is 0 Å². The van der Waals surface area contributed by atoms with E-state index in [-0.39, 0.29) is 28.0 Å². The van der Waals surface area contributed by atoms with E-state index in [1.165, 1.54) is 42.6 Å². The van der Waals surface area contributed by atoms with Gasteiger partial charge in [0.15, 0.2) is 0 Å². The van der Waals surface area contributed by atoms with E-state index in [9.17, 15) is 18.3 Å². The summed E-state index contributed by atoms with van der Waals surface area (Å²) in [4.78, 5) is 20.6. The predicted molar refractivity (Wildman–Crippen MR) is 104 cm³/mol. The lowest BCUT2D eigenvalue weighted by atomic mass is 10.2. The number of phenols is 1. The van der Waals surface area contributed by atoms with Crippen molar-refractivity contribution in [3.05, 3.63) is 84.4 Å². The maximum absolute atomic E-state index is 12.6. The third-order valence-electron chi connectivity index (χ3n) is 4.32. The predicted octanol–water partition coefficient (Wildman–Crippen LogP) is 2.20. The molecule has 1 amide bonds. The van der Waals surface area contributed by atoms with Gasteiger partial charge in [0.2, 0.25) is 15.6 Å². The van der Waals surface area contributed by atoms with Gasteiger partial charge in [-0.25, -0.2) is 18.4 Å². The molecule has 0 aliphatic carbocycles. The van der Waals surface area contributed by atoms with Crippen molar-refractivity contribution in [3.8, 4) is 5.75 Å². The molecule has 0 saturated carbocycles. The van der Waals surface area contributed by atoms with Crippen LogP contribution < -0.4 is 5.32 Å². The molecule has 0 spiro atoms. The second-order valence-electron chi connectivity index (χ2n) is 6.30. The first-order valence-corrected chi connectivity index (χ1v) is 10.1. The Bertz CT molecular complexity index is 1300. The molecule has 2 heterocycles. The zero-order valence-corrected chi connectivity index (χ0v) is 15.9. The van der Waals surface area contributed by atoms with Crippen LogP contribution in [0.1, 0.15) is 15.9 Å². The second kappa shape index (κ2) is 7.36. The van der Waals surface area contributed by atoms with Gasteiger partial charge >= 0.3 is 0 Å². The minimum Gasteiger partial charge on any atom is -0.508 e. The molecular formula is C20H16N4O4S. The average Bonchev–Trinajstić information content (AvgIpc) is 3.20. The normalized spacial score (nSPS) is 11.4. The molecule has 0 unspecified atom stereocenters. The molecular weight excluding hydrogens is 392 g/mol. The van der Waals surface area contributed by atoms with Crippen molar-refractivity contribution >= 4 is 21.5 Å². The molecule has 0 aliphatic rings. The van der Waals surface area contributed by atoms with E-state index in [4.69, 9.17) is 0 Å². The van der Waals surface area contributed by atoms with Crippen molar-refractivity contribution in [2.45, 2.75) is 16.3 Å². The van der Waals surface area contributed by atoms with E-state index < -0.39 is 9.84 Å². The zero-order chi connectivity index (χ0) is 20.4. The Kier molecular flexibility index (Phi) is 4.73. The number of amides is 1. The quantitative estimate of drug-likeness (QED) is 0.523. The van der Waals surface area contributed by atoms with Gasteiger partial charge in [-0.3, -0.25) is 9.20 Å². The molecule has 4 aromatic rings. The van der Waals surface area contributed by atoms with Gasteiger partial charge in [-0.15, -0.1) is 0 Å². The molecule has 2 aromatic heterocycles. The Hall–Kier alpha value is -3.72. The topological polar surface area (TPSA) is 114 Å². The molecule has 9 heteroatoms. The van der Waals surface area contributed by atoms with Gasteiger partial charge in [-0.2, -0.15) is 0 Å². The monoisotopic (exact) mass is 408 g/mol. The molecule has 0 fully saturated rings. The first-order valence-electron chi connectivity index (χ1n) is 8.63. The number of aromatic nitrogens is 3. The summed E-state index contributed by atoms with van der Waals surface area (Å²) in [7, 11) is -3.73. The van der Waals surface area contributed by atoms with Gasteiger partial charge in [0.25, 0.3) is 5.91 Å². The molecule has 8 nitrogen and oxygen atoms in total. The van der Waals surface area contributed by atoms with Crippen LogP contribution in [0.2, 0.25) is 0 Å². The highest BCUT2D eigenvalue weighted by atomic mass is 32.2. The maximum atomic E-state index is 12.6. The van der Waals surface area contributed by atoms with E-state index in [1.807, 2.05) is 0 Å². The number of phenolic OH excluding ortho intramolecular Hbond substituents is 1. The third-order valence-corrected chi connectivity index (χ3v) is 6.09. The van der Waals surface area contributed by atoms with Crippen molar-refractivity contribution in [3.63, 3.8) is 0 Å². The van der Waals surface area contributed by atoms with Crippen LogP contribution in [-0.4, -0.2) is 33.8 Å². The molecule has 2 N–H and O–H groups in total. The highest BCUT2D eigenvalue weighted by Gasteiger charge is 2.18. The summed E-state index contributed by atoms with van der Waals surface area (Å²) in [5.74, 6) is 0.0865. The molecule has 146 valence electrons. The Balaban J connectivity index is 1.46. The van der Waals surface area contributed by atoms with Crippen molar-refractivity contribution in [2.75, 3.05) is 0 Å². The zero-order valence-electron chi connectivity index (χ0n) is 15.1. The number of fused-ring (bicyclic) bond motifs is 1. The van der Waals surface area contributed by atoms with Crippen LogP contribution in [0.5, 0.6) is 5.75 Å². The number of benzene rings is 2. The fourth-order valence-electron chi connectivity index (χ4n) is 2.79. The van der Waals surface area contributed by atoms with Crippen molar-refractivity contribution in [1.82, 2.24) is 19.7 Å². The molecule has 29 heavy (non-hydrogen) atoms. The van der Waals surface area contributed by atoms with Gasteiger partial charge in [0.1, 0.15) is 5.75 Å². The van der Waals surface area contributed by atoms with E-state index in [0.717, 1.165) is 5.56 Å². The van der Waals surface area contributed by atoms with Gasteiger partial charge in [-0.1, -0.05) is 18.2 Å². The lowest BCUT2D eigenvalue weighted by Gasteiger charge is -2.08. The van der Waals surface area contributed by atoms with Gasteiger partial charge < -0.3 is 10.4 Å². The molecule has 0 radical (unpaired) electrons. The molecule has 4 rings (SSSR count). The fraction of sp³-hybridized carbons (Fsp3) is 0.0500. The standard InChI is InChI=1S/C20H16N4O4S/c25-16-2-1-3-18(10-16)29(27,28)17-6-4-14(5-7-17)11-22-19(26)15-12-23-20-21-8-9-24(20)13-15/h1-10,12-13,25H,11H2,(H,22,26). The number of nitrogens with zero attached hydrogens (tertiary/aromatic N) is 3. The summed E-state index contributed by atoms with van der Waals surface area (Å²) in [5, 5.41) is 12.3. The summed E-state index contributed by atoms with van der Waals surface area (Å²) in [6, 6.07) is 11.7. The van der Waals surface area contributed by atoms with Crippen LogP contribution in [-0.2, 0) is 16.4 Å². The van der Waals surface area contributed by atoms with E-state index in [1.54, 1.807) is 35.1 Å². The first kappa shape index (κ1) is 18.6. The van der Waals surface area contributed by atoms with E-state index in [2.05, 4.69) is 15.3 Å². The van der Waals surface area contributed by atoms with Crippen LogP contribution in [0.15, 0.2) is 83.1 Å². The van der Waals surface area contributed by atoms with Gasteiger partial charge in [-0.05, 0) is 35.9 Å². The number of aromatic hydroxyl groups is 1. The number of carbonyl (C=O) groups is 1. The lowest BCUT2D eigenvalue weighted by Crippen LogP contribution is -2.23. The number of carbonyl (C=O) groups excluding carboxylic acids is 1. The van der Waals surface area contributed by atoms with Crippen LogP contribution in [0.4, 0.5) is 0 Å². The van der Waals surface area contributed by atoms with Crippen LogP contribution in [0.25, 0.3) is 5.78 Å². The van der Waals surface area contributed by atoms with Crippen LogP contribution >= 0.6 is 0 Å². The Labute approximate surface area is 166 Å². The SMILES string of the molecule is O=C(NCc1ccc(S(=O)(=O)c2cccc(O)c2)cc1)c1cnc2nccn2c1. The number of sulfone groups is 1. The van der Waals surface area contributed by atoms with E-state index in [0.29, 0.717) is 11.3 Å². The number of imidazole rings is 1. The largest absolute Gasteiger partial charge is 0.508 e.